The molecule has 1 rings (SSSR count). The third-order valence-electron chi connectivity index (χ3n) is 2.36. The predicted octanol–water partition coefficient (Wildman–Crippen LogP) is -1.39. The SMILES string of the molecule is Cn1c(N)c(C(O)CC#N)c(=O)n(C)c1=O. The maximum Gasteiger partial charge on any atom is 0.332 e. The first-order valence-corrected chi connectivity index (χ1v) is 4.52. The van der Waals surface area contributed by atoms with Gasteiger partial charge in [0.2, 0.25) is 0 Å². The van der Waals surface area contributed by atoms with E-state index in [2.05, 4.69) is 0 Å². The molecular formula is C9H12N4O3. The fourth-order valence-corrected chi connectivity index (χ4v) is 1.39. The summed E-state index contributed by atoms with van der Waals surface area (Å²) in [5.41, 5.74) is 4.19. The fraction of sp³-hybridized carbons (Fsp3) is 0.444. The van der Waals surface area contributed by atoms with Crippen LogP contribution in [0.15, 0.2) is 9.59 Å². The highest BCUT2D eigenvalue weighted by Crippen LogP contribution is 2.16. The molecule has 0 amide bonds. The van der Waals surface area contributed by atoms with Crippen molar-refractivity contribution in [1.29, 1.82) is 5.26 Å². The van der Waals surface area contributed by atoms with Gasteiger partial charge in [-0.05, 0) is 0 Å². The van der Waals surface area contributed by atoms with Crippen LogP contribution in [-0.2, 0) is 14.1 Å². The molecule has 0 aliphatic carbocycles. The van der Waals surface area contributed by atoms with Crippen molar-refractivity contribution in [2.24, 2.45) is 14.1 Å². The Morgan fingerprint density at radius 2 is 2.00 bits per heavy atom. The Morgan fingerprint density at radius 3 is 2.50 bits per heavy atom. The summed E-state index contributed by atoms with van der Waals surface area (Å²) in [4.78, 5) is 23.1. The van der Waals surface area contributed by atoms with Gasteiger partial charge in [-0.2, -0.15) is 5.26 Å². The lowest BCUT2D eigenvalue weighted by atomic mass is 10.1. The van der Waals surface area contributed by atoms with Crippen molar-refractivity contribution in [3.05, 3.63) is 26.4 Å². The highest BCUT2D eigenvalue weighted by molar-refractivity contribution is 5.40. The van der Waals surface area contributed by atoms with E-state index in [0.29, 0.717) is 0 Å². The van der Waals surface area contributed by atoms with Crippen molar-refractivity contribution in [1.82, 2.24) is 9.13 Å². The van der Waals surface area contributed by atoms with E-state index in [-0.39, 0.29) is 17.8 Å². The van der Waals surface area contributed by atoms with Crippen molar-refractivity contribution in [3.63, 3.8) is 0 Å². The van der Waals surface area contributed by atoms with Gasteiger partial charge < -0.3 is 10.8 Å². The Kier molecular flexibility index (Phi) is 3.15. The molecule has 0 aliphatic rings. The van der Waals surface area contributed by atoms with Crippen LogP contribution in [0.2, 0.25) is 0 Å². The molecule has 86 valence electrons. The van der Waals surface area contributed by atoms with Crippen LogP contribution in [0, 0.1) is 11.3 Å². The molecule has 1 aromatic rings. The second kappa shape index (κ2) is 4.20. The molecule has 0 radical (unpaired) electrons. The van der Waals surface area contributed by atoms with E-state index in [4.69, 9.17) is 11.0 Å². The van der Waals surface area contributed by atoms with Crippen molar-refractivity contribution in [2.45, 2.75) is 12.5 Å². The number of nitrogen functional groups attached to an aromatic ring is 1. The topological polar surface area (TPSA) is 114 Å². The molecule has 3 N–H and O–H groups in total. The van der Waals surface area contributed by atoms with Crippen molar-refractivity contribution in [2.75, 3.05) is 5.73 Å². The van der Waals surface area contributed by atoms with Gasteiger partial charge in [-0.15, -0.1) is 0 Å². The quantitative estimate of drug-likeness (QED) is 0.642. The molecule has 0 bridgehead atoms. The number of nitrogens with two attached hydrogens (primary N) is 1. The number of nitrogens with zero attached hydrogens (tertiary/aromatic N) is 3. The van der Waals surface area contributed by atoms with E-state index in [9.17, 15) is 14.7 Å². The van der Waals surface area contributed by atoms with Crippen LogP contribution in [0.4, 0.5) is 5.82 Å². The molecule has 0 aliphatic heterocycles. The van der Waals surface area contributed by atoms with Crippen LogP contribution >= 0.6 is 0 Å². The minimum absolute atomic E-state index is 0.115. The largest absolute Gasteiger partial charge is 0.387 e. The van der Waals surface area contributed by atoms with Crippen LogP contribution < -0.4 is 17.0 Å². The molecule has 1 aromatic heterocycles. The minimum atomic E-state index is -1.28. The average Bonchev–Trinajstić information content (AvgIpc) is 2.24. The molecular weight excluding hydrogens is 212 g/mol. The van der Waals surface area contributed by atoms with E-state index < -0.39 is 17.4 Å². The summed E-state index contributed by atoms with van der Waals surface area (Å²) in [5, 5.41) is 18.0. The summed E-state index contributed by atoms with van der Waals surface area (Å²) in [7, 11) is 2.67. The molecule has 0 saturated carbocycles. The first-order valence-electron chi connectivity index (χ1n) is 4.52. The van der Waals surface area contributed by atoms with Crippen LogP contribution in [0.3, 0.4) is 0 Å². The molecule has 0 fully saturated rings. The maximum atomic E-state index is 11.7. The van der Waals surface area contributed by atoms with Gasteiger partial charge in [0.05, 0.1) is 18.1 Å². The van der Waals surface area contributed by atoms with E-state index >= 15 is 0 Å². The Bertz CT molecular complexity index is 564. The summed E-state index contributed by atoms with van der Waals surface area (Å²) in [6.45, 7) is 0. The van der Waals surface area contributed by atoms with Gasteiger partial charge in [-0.25, -0.2) is 4.79 Å². The van der Waals surface area contributed by atoms with Crippen LogP contribution in [0.5, 0.6) is 0 Å². The van der Waals surface area contributed by atoms with Crippen molar-refractivity contribution < 1.29 is 5.11 Å². The predicted molar refractivity (Wildman–Crippen MR) is 56.5 cm³/mol. The standard InChI is InChI=1S/C9H12N4O3/c1-12-7(11)6(5(14)3-4-10)8(15)13(2)9(12)16/h5,14H,3,11H2,1-2H3. The number of aliphatic hydroxyl groups excluding tert-OH is 1. The molecule has 16 heavy (non-hydrogen) atoms. The van der Waals surface area contributed by atoms with Crippen LogP contribution in [0.25, 0.3) is 0 Å². The molecule has 0 saturated heterocycles. The average molecular weight is 224 g/mol. The summed E-state index contributed by atoms with van der Waals surface area (Å²) in [6, 6.07) is 1.73. The molecule has 0 spiro atoms. The lowest BCUT2D eigenvalue weighted by Gasteiger charge is -2.13. The van der Waals surface area contributed by atoms with Gasteiger partial charge in [0.25, 0.3) is 5.56 Å². The number of hydrogen-bond acceptors (Lipinski definition) is 5. The van der Waals surface area contributed by atoms with Crippen molar-refractivity contribution in [3.8, 4) is 6.07 Å². The third kappa shape index (κ3) is 1.70. The Labute approximate surface area is 91.0 Å². The zero-order valence-corrected chi connectivity index (χ0v) is 8.97. The molecule has 1 atom stereocenters. The molecule has 1 unspecified atom stereocenters. The summed E-state index contributed by atoms with van der Waals surface area (Å²) in [6.07, 6.45) is -1.53. The van der Waals surface area contributed by atoms with Crippen LogP contribution in [0.1, 0.15) is 18.1 Å². The second-order valence-electron chi connectivity index (χ2n) is 3.38. The van der Waals surface area contributed by atoms with E-state index in [1.165, 1.54) is 14.1 Å². The summed E-state index contributed by atoms with van der Waals surface area (Å²) in [5.74, 6) is -0.115. The maximum absolute atomic E-state index is 11.7. The van der Waals surface area contributed by atoms with Gasteiger partial charge >= 0.3 is 5.69 Å². The summed E-state index contributed by atoms with van der Waals surface area (Å²) >= 11 is 0. The third-order valence-corrected chi connectivity index (χ3v) is 2.36. The number of nitriles is 1. The van der Waals surface area contributed by atoms with E-state index in [1.807, 2.05) is 0 Å². The minimum Gasteiger partial charge on any atom is -0.387 e. The Morgan fingerprint density at radius 1 is 1.44 bits per heavy atom. The first-order chi connectivity index (χ1) is 7.41. The second-order valence-corrected chi connectivity index (χ2v) is 3.38. The Balaban J connectivity index is 3.60. The number of hydrogen-bond donors (Lipinski definition) is 2. The molecule has 0 aromatic carbocycles. The van der Waals surface area contributed by atoms with Crippen molar-refractivity contribution >= 4 is 5.82 Å². The normalized spacial score (nSPS) is 12.1. The van der Waals surface area contributed by atoms with Crippen LogP contribution in [-0.4, -0.2) is 14.2 Å². The summed E-state index contributed by atoms with van der Waals surface area (Å²) < 4.78 is 1.89. The fourth-order valence-electron chi connectivity index (χ4n) is 1.39. The molecule has 7 nitrogen and oxygen atoms in total. The van der Waals surface area contributed by atoms with Gasteiger partial charge in [0.1, 0.15) is 11.9 Å². The number of aliphatic hydroxyl groups is 1. The zero-order valence-electron chi connectivity index (χ0n) is 8.97. The first kappa shape index (κ1) is 12.0. The van der Waals surface area contributed by atoms with Gasteiger partial charge in [-0.1, -0.05) is 0 Å². The highest BCUT2D eigenvalue weighted by Gasteiger charge is 2.19. The molecule has 7 heteroatoms. The smallest absolute Gasteiger partial charge is 0.332 e. The monoisotopic (exact) mass is 224 g/mol. The van der Waals surface area contributed by atoms with Gasteiger partial charge in [-0.3, -0.25) is 13.9 Å². The number of aromatic nitrogens is 2. The van der Waals surface area contributed by atoms with Gasteiger partial charge in [0, 0.05) is 14.1 Å². The molecule has 1 heterocycles. The van der Waals surface area contributed by atoms with E-state index in [1.54, 1.807) is 6.07 Å². The van der Waals surface area contributed by atoms with Gasteiger partial charge in [0.15, 0.2) is 0 Å². The van der Waals surface area contributed by atoms with E-state index in [0.717, 1.165) is 9.13 Å². The zero-order chi connectivity index (χ0) is 12.5. The lowest BCUT2D eigenvalue weighted by Crippen LogP contribution is -2.41. The highest BCUT2D eigenvalue weighted by atomic mass is 16.3. The Hall–Kier alpha value is -2.07. The number of anilines is 1. The lowest BCUT2D eigenvalue weighted by molar-refractivity contribution is 0.181. The number of rotatable bonds is 2.